The average Bonchev–Trinajstić information content (AvgIpc) is 3.47. The van der Waals surface area contributed by atoms with Crippen molar-refractivity contribution in [2.45, 2.75) is 181 Å². The molecule has 0 bridgehead atoms. The number of hydrogen-bond acceptors (Lipinski definition) is 3. The van der Waals surface area contributed by atoms with Gasteiger partial charge in [0.05, 0.1) is 11.2 Å². The highest BCUT2D eigenvalue weighted by Gasteiger charge is 2.61. The SMILES string of the molecule is CC(C)(C)c1ccc(N(c2ccc(C(C)(C)C)cc2)c2cc3c4c(c2)N2c5c(cc(C(C)(C)C)cc5C5(C)CCCCC25C)B4c2ccc(C(C)(C)C)cc2N3c2cccc(C(C)(C)C)c2)cc1. The van der Waals surface area contributed by atoms with E-state index in [1.165, 1.54) is 109 Å². The van der Waals surface area contributed by atoms with Crippen molar-refractivity contribution in [3.63, 3.8) is 0 Å². The predicted octanol–water partition coefficient (Wildman–Crippen LogP) is 16.0. The summed E-state index contributed by atoms with van der Waals surface area (Å²) in [5.74, 6) is 0. The highest BCUT2D eigenvalue weighted by Crippen LogP contribution is 2.63. The van der Waals surface area contributed by atoms with Gasteiger partial charge in [-0.15, -0.1) is 0 Å². The summed E-state index contributed by atoms with van der Waals surface area (Å²) in [6.45, 7) is 40.5. The van der Waals surface area contributed by atoms with Crippen LogP contribution in [0.1, 0.15) is 177 Å². The van der Waals surface area contributed by atoms with Gasteiger partial charge in [0.1, 0.15) is 0 Å². The molecule has 68 heavy (non-hydrogen) atoms. The standard InChI is InChI=1S/C64H78BN3/c1-58(2,3)41-23-28-46(29-24-41)66(47-30-25-42(26-31-47)59(4,5)6)49-39-54-56-55(40-49)68-57-50(63(16)33-18-19-34-64(63,68)17)36-45(62(13,14)15)37-52(57)65(56)51-32-27-44(61(10,11)12)38-53(51)67(54)48-22-20-21-43(35-48)60(7,8)9/h20-32,35-40H,18-19,33-34H2,1-17H3. The molecule has 3 heterocycles. The highest BCUT2D eigenvalue weighted by molar-refractivity contribution is 7.00. The average molecular weight is 900 g/mol. The quantitative estimate of drug-likeness (QED) is 0.163. The molecule has 6 aromatic carbocycles. The molecule has 3 nitrogen and oxygen atoms in total. The zero-order chi connectivity index (χ0) is 48.9. The first-order chi connectivity index (χ1) is 31.6. The lowest BCUT2D eigenvalue weighted by Crippen LogP contribution is -2.64. The molecule has 3 aliphatic heterocycles. The third-order valence-electron chi connectivity index (χ3n) is 17.0. The number of rotatable bonds is 4. The second-order valence-corrected chi connectivity index (χ2v) is 26.8. The Labute approximate surface area is 411 Å². The number of benzene rings is 6. The fourth-order valence-corrected chi connectivity index (χ4v) is 12.4. The largest absolute Gasteiger partial charge is 0.335 e. The normalized spacial score (nSPS) is 19.9. The van der Waals surface area contributed by atoms with Gasteiger partial charge >= 0.3 is 0 Å². The molecule has 0 radical (unpaired) electrons. The third kappa shape index (κ3) is 7.19. The summed E-state index contributed by atoms with van der Waals surface area (Å²) in [6, 6.07) is 46.2. The van der Waals surface area contributed by atoms with Crippen LogP contribution in [0, 0.1) is 0 Å². The monoisotopic (exact) mass is 900 g/mol. The smallest absolute Gasteiger partial charge is 0.252 e. The zero-order valence-electron chi connectivity index (χ0n) is 44.7. The molecular weight excluding hydrogens is 822 g/mol. The second-order valence-electron chi connectivity index (χ2n) is 26.8. The Kier molecular flexibility index (Phi) is 10.4. The minimum atomic E-state index is -0.114. The van der Waals surface area contributed by atoms with E-state index in [0.717, 1.165) is 6.42 Å². The maximum Gasteiger partial charge on any atom is 0.252 e. The van der Waals surface area contributed by atoms with Gasteiger partial charge in [0.25, 0.3) is 6.71 Å². The molecule has 6 aromatic rings. The van der Waals surface area contributed by atoms with Crippen LogP contribution < -0.4 is 31.1 Å². The molecule has 2 unspecified atom stereocenters. The number of anilines is 8. The van der Waals surface area contributed by atoms with E-state index in [1.54, 1.807) is 5.56 Å². The van der Waals surface area contributed by atoms with Crippen LogP contribution in [0.5, 0.6) is 0 Å². The molecule has 2 atom stereocenters. The van der Waals surface area contributed by atoms with Crippen LogP contribution in [0.4, 0.5) is 45.5 Å². The Hall–Kier alpha value is -5.22. The summed E-state index contributed by atoms with van der Waals surface area (Å²) in [6.07, 6.45) is 4.84. The van der Waals surface area contributed by atoms with E-state index in [2.05, 4.69) is 248 Å². The number of hydrogen-bond donors (Lipinski definition) is 0. The zero-order valence-corrected chi connectivity index (χ0v) is 44.7. The van der Waals surface area contributed by atoms with Gasteiger partial charge in [-0.25, -0.2) is 0 Å². The summed E-state index contributed by atoms with van der Waals surface area (Å²) in [7, 11) is 0. The van der Waals surface area contributed by atoms with E-state index >= 15 is 0 Å². The maximum absolute atomic E-state index is 2.91. The molecule has 0 N–H and O–H groups in total. The molecule has 352 valence electrons. The lowest BCUT2D eigenvalue weighted by Gasteiger charge is -2.53. The fourth-order valence-electron chi connectivity index (χ4n) is 12.4. The van der Waals surface area contributed by atoms with Crippen molar-refractivity contribution in [2.24, 2.45) is 0 Å². The van der Waals surface area contributed by atoms with E-state index in [9.17, 15) is 0 Å². The Morgan fingerprint density at radius 2 is 0.971 bits per heavy atom. The summed E-state index contributed by atoms with van der Waals surface area (Å²) in [5.41, 5.74) is 22.7. The van der Waals surface area contributed by atoms with Crippen molar-refractivity contribution < 1.29 is 0 Å². The van der Waals surface area contributed by atoms with Crippen LogP contribution in [0.25, 0.3) is 0 Å². The van der Waals surface area contributed by atoms with Crippen LogP contribution in [0.15, 0.2) is 115 Å². The van der Waals surface area contributed by atoms with E-state index < -0.39 is 0 Å². The molecular formula is C64H78BN3. The molecule has 4 aliphatic rings. The van der Waals surface area contributed by atoms with Crippen LogP contribution >= 0.6 is 0 Å². The van der Waals surface area contributed by atoms with E-state index in [4.69, 9.17) is 0 Å². The number of nitrogens with zero attached hydrogens (tertiary/aromatic N) is 3. The minimum absolute atomic E-state index is 0.00800. The van der Waals surface area contributed by atoms with Crippen molar-refractivity contribution in [1.29, 1.82) is 0 Å². The Balaban J connectivity index is 1.36. The van der Waals surface area contributed by atoms with Crippen LogP contribution in [0.2, 0.25) is 0 Å². The lowest BCUT2D eigenvalue weighted by atomic mass is 9.33. The van der Waals surface area contributed by atoms with Gasteiger partial charge in [0.2, 0.25) is 0 Å². The molecule has 0 amide bonds. The summed E-state index contributed by atoms with van der Waals surface area (Å²) in [4.78, 5) is 8.12. The molecule has 1 saturated carbocycles. The van der Waals surface area contributed by atoms with Gasteiger partial charge in [-0.05, 0) is 151 Å². The van der Waals surface area contributed by atoms with E-state index in [1.807, 2.05) is 0 Å². The molecule has 0 aromatic heterocycles. The molecule has 1 aliphatic carbocycles. The van der Waals surface area contributed by atoms with Gasteiger partial charge < -0.3 is 14.7 Å². The number of fused-ring (bicyclic) bond motifs is 7. The van der Waals surface area contributed by atoms with Gasteiger partial charge in [0, 0.05) is 45.2 Å². The van der Waals surface area contributed by atoms with Gasteiger partial charge in [-0.2, -0.15) is 0 Å². The first-order valence-electron chi connectivity index (χ1n) is 25.8. The summed E-state index contributed by atoms with van der Waals surface area (Å²) in [5, 5.41) is 0. The maximum atomic E-state index is 2.91. The van der Waals surface area contributed by atoms with Crippen molar-refractivity contribution >= 4 is 68.6 Å². The topological polar surface area (TPSA) is 9.72 Å². The first-order valence-corrected chi connectivity index (χ1v) is 25.8. The summed E-state index contributed by atoms with van der Waals surface area (Å²) < 4.78 is 0. The highest BCUT2D eigenvalue weighted by atomic mass is 15.3. The molecule has 0 spiro atoms. The fraction of sp³-hybridized carbons (Fsp3) is 0.438. The molecule has 1 fully saturated rings. The van der Waals surface area contributed by atoms with E-state index in [0.29, 0.717) is 0 Å². The second kappa shape index (κ2) is 15.1. The van der Waals surface area contributed by atoms with Gasteiger partial charge in [-0.1, -0.05) is 184 Å². The van der Waals surface area contributed by atoms with Crippen LogP contribution in [-0.4, -0.2) is 12.3 Å². The van der Waals surface area contributed by atoms with Crippen molar-refractivity contribution in [3.8, 4) is 0 Å². The van der Waals surface area contributed by atoms with Crippen molar-refractivity contribution in [1.82, 2.24) is 0 Å². The van der Waals surface area contributed by atoms with Gasteiger partial charge in [0.15, 0.2) is 0 Å². The van der Waals surface area contributed by atoms with Gasteiger partial charge in [-0.3, -0.25) is 0 Å². The third-order valence-corrected chi connectivity index (χ3v) is 17.0. The lowest BCUT2D eigenvalue weighted by molar-refractivity contribution is 0.195. The minimum Gasteiger partial charge on any atom is -0.335 e. The Morgan fingerprint density at radius 1 is 0.456 bits per heavy atom. The molecule has 10 rings (SSSR count). The Morgan fingerprint density at radius 3 is 1.53 bits per heavy atom. The Bertz CT molecular complexity index is 2900. The summed E-state index contributed by atoms with van der Waals surface area (Å²) >= 11 is 0. The van der Waals surface area contributed by atoms with E-state index in [-0.39, 0.29) is 44.7 Å². The molecule has 0 saturated heterocycles. The van der Waals surface area contributed by atoms with Crippen LogP contribution in [0.3, 0.4) is 0 Å². The van der Waals surface area contributed by atoms with Crippen molar-refractivity contribution in [3.05, 3.63) is 149 Å². The first kappa shape index (κ1) is 46.5. The van der Waals surface area contributed by atoms with Crippen LogP contribution in [-0.2, 0) is 32.5 Å². The molecule has 4 heteroatoms. The van der Waals surface area contributed by atoms with Crippen molar-refractivity contribution in [2.75, 3.05) is 14.7 Å². The predicted molar refractivity (Wildman–Crippen MR) is 297 cm³/mol.